The van der Waals surface area contributed by atoms with E-state index in [0.29, 0.717) is 0 Å². The first-order valence-corrected chi connectivity index (χ1v) is 2.72. The van der Waals surface area contributed by atoms with Crippen LogP contribution in [0.3, 0.4) is 0 Å². The molecule has 0 radical (unpaired) electrons. The molecule has 0 saturated carbocycles. The van der Waals surface area contributed by atoms with Crippen molar-refractivity contribution in [2.45, 2.75) is 20.8 Å². The second kappa shape index (κ2) is 67.8. The molecule has 0 aromatic carbocycles. The van der Waals surface area contributed by atoms with Gasteiger partial charge >= 0.3 is 25.8 Å². The molecule has 0 bridgehead atoms. The first-order chi connectivity index (χ1) is 5.20. The molecule has 0 unspecified atom stereocenters. The summed E-state index contributed by atoms with van der Waals surface area (Å²) in [5.41, 5.74) is 0. The van der Waals surface area contributed by atoms with Crippen molar-refractivity contribution < 1.29 is 88.4 Å². The zero-order chi connectivity index (χ0) is 10.7. The van der Waals surface area contributed by atoms with Gasteiger partial charge < -0.3 is 62.6 Å². The maximum absolute atomic E-state index is 8.89. The van der Waals surface area contributed by atoms with Gasteiger partial charge in [0.2, 0.25) is 0 Å². The number of carbonyl (C=O) groups is 3. The molecule has 13 heteroatoms. The van der Waals surface area contributed by atoms with Crippen molar-refractivity contribution in [1.29, 1.82) is 0 Å². The van der Waals surface area contributed by atoms with E-state index in [4.69, 9.17) is 29.7 Å². The molecule has 0 heterocycles. The topological polar surface area (TPSA) is 309 Å². The van der Waals surface area contributed by atoms with Crippen LogP contribution in [0.15, 0.2) is 0 Å². The maximum Gasteiger partial charge on any atom is 3.00 e. The van der Waals surface area contributed by atoms with E-state index >= 15 is 0 Å². The summed E-state index contributed by atoms with van der Waals surface area (Å²) in [6.45, 7) is 2.92. The van der Waals surface area contributed by atoms with Gasteiger partial charge in [0.25, 0.3) is 0 Å². The van der Waals surface area contributed by atoms with E-state index in [-0.39, 0.29) is 58.7 Å². The van der Waals surface area contributed by atoms with E-state index < -0.39 is 17.9 Å². The Hall–Kier alpha value is -0.960. The van der Waals surface area contributed by atoms with Crippen LogP contribution < -0.4 is 15.3 Å². The minimum Gasteiger partial charge on any atom is -0.550 e. The van der Waals surface area contributed by atoms with Crippen molar-refractivity contribution >= 4 is 17.9 Å². The smallest absolute Gasteiger partial charge is 0.550 e. The van der Waals surface area contributed by atoms with Crippen molar-refractivity contribution in [2.75, 3.05) is 0 Å². The Bertz CT molecular complexity index is 120. The Morgan fingerprint density at radius 3 is 0.526 bits per heavy atom. The van der Waals surface area contributed by atoms with E-state index in [2.05, 4.69) is 0 Å². The Morgan fingerprint density at radius 1 is 0.526 bits per heavy atom. The van der Waals surface area contributed by atoms with Gasteiger partial charge in [-0.15, -0.1) is 0 Å². The molecular weight excluding hydrogens is 309 g/mol. The van der Waals surface area contributed by atoms with Gasteiger partial charge in [-0.3, -0.25) is 0 Å². The van der Waals surface area contributed by atoms with Gasteiger partial charge in [-0.25, -0.2) is 0 Å². The summed E-state index contributed by atoms with van der Waals surface area (Å²) in [6, 6.07) is 0. The summed E-state index contributed by atoms with van der Waals surface area (Å²) < 4.78 is 0. The fraction of sp³-hybridized carbons (Fsp3) is 0.500. The molecule has 0 saturated heterocycles. The number of rotatable bonds is 0. The number of hydrogen-bond acceptors (Lipinski definition) is 6. The van der Waals surface area contributed by atoms with Gasteiger partial charge in [-0.05, 0) is 20.8 Å². The largest absolute Gasteiger partial charge is 3.00 e. The second-order valence-corrected chi connectivity index (χ2v) is 1.47. The van der Waals surface area contributed by atoms with Gasteiger partial charge in [0.05, 0.1) is 0 Å². The van der Waals surface area contributed by atoms with Crippen LogP contribution in [0.25, 0.3) is 0 Å². The van der Waals surface area contributed by atoms with E-state index in [1.807, 2.05) is 0 Å². The summed E-state index contributed by atoms with van der Waals surface area (Å²) in [5, 5.41) is 26.7. The molecule has 0 aromatic rings. The van der Waals surface area contributed by atoms with Crippen LogP contribution in [-0.4, -0.2) is 50.8 Å². The first-order valence-electron chi connectivity index (χ1n) is 2.72. The monoisotopic (exact) mass is 330 g/mol. The molecule has 12 N–H and O–H groups in total. The average molecular weight is 330 g/mol. The Kier molecular flexibility index (Phi) is 289. The molecule has 0 rings (SSSR count). The summed E-state index contributed by atoms with van der Waals surface area (Å²) in [7, 11) is 0. The van der Waals surface area contributed by atoms with Gasteiger partial charge in [-0.2, -0.15) is 0 Å². The second-order valence-electron chi connectivity index (χ2n) is 1.47. The van der Waals surface area contributed by atoms with Crippen molar-refractivity contribution in [2.24, 2.45) is 0 Å². The van der Waals surface area contributed by atoms with Crippen molar-refractivity contribution in [3.63, 3.8) is 0 Å². The Balaban J connectivity index is -0.00000000675. The van der Waals surface area contributed by atoms with E-state index in [9.17, 15) is 0 Å². The predicted molar refractivity (Wildman–Crippen MR) is 53.7 cm³/mol. The zero-order valence-corrected chi connectivity index (χ0v) is 12.3. The minimum atomic E-state index is -1.08. The molecule has 0 spiro atoms. The third-order valence-corrected chi connectivity index (χ3v) is 0. The Labute approximate surface area is 127 Å². The molecule has 0 aliphatic heterocycles. The van der Waals surface area contributed by atoms with Crippen LogP contribution in [0.4, 0.5) is 0 Å². The summed E-state index contributed by atoms with van der Waals surface area (Å²) >= 11 is 0. The summed E-state index contributed by atoms with van der Waals surface area (Å²) in [4.78, 5) is 26.7. The standard InChI is InChI=1S/3C2H4O2.6H2O.Sc/c3*1-2(3)4;;;;;;;/h3*1H3,(H,3,4);6*1H2;/q;;;;;;;;;+3/p-3. The van der Waals surface area contributed by atoms with Crippen molar-refractivity contribution in [3.8, 4) is 0 Å². The molecule has 0 aromatic heterocycles. The summed E-state index contributed by atoms with van der Waals surface area (Å²) in [6.07, 6.45) is 0. The van der Waals surface area contributed by atoms with Crippen LogP contribution in [-0.2, 0) is 40.2 Å². The molecule has 120 valence electrons. The molecule has 0 aliphatic rings. The number of carboxylic acid groups (broad SMARTS) is 3. The average Bonchev–Trinajstić information content (AvgIpc) is 1.54. The normalized spacial score (nSPS) is 3.95. The minimum absolute atomic E-state index is 0. The molecule has 0 atom stereocenters. The van der Waals surface area contributed by atoms with Gasteiger partial charge in [-0.1, -0.05) is 0 Å². The molecule has 0 aliphatic carbocycles. The van der Waals surface area contributed by atoms with Gasteiger partial charge in [0, 0.05) is 17.9 Å². The van der Waals surface area contributed by atoms with Crippen molar-refractivity contribution in [1.82, 2.24) is 0 Å². The van der Waals surface area contributed by atoms with Crippen LogP contribution >= 0.6 is 0 Å². The molecule has 12 nitrogen and oxygen atoms in total. The Morgan fingerprint density at radius 2 is 0.526 bits per heavy atom. The van der Waals surface area contributed by atoms with Crippen LogP contribution in [0, 0.1) is 0 Å². The first kappa shape index (κ1) is 81.0. The third kappa shape index (κ3) is 4180. The fourth-order valence-corrected chi connectivity index (χ4v) is 0. The van der Waals surface area contributed by atoms with Gasteiger partial charge in [0.1, 0.15) is 0 Å². The number of aliphatic carboxylic acids is 3. The van der Waals surface area contributed by atoms with E-state index in [1.54, 1.807) is 0 Å². The maximum atomic E-state index is 8.89. The van der Waals surface area contributed by atoms with Crippen LogP contribution in [0.5, 0.6) is 0 Å². The third-order valence-electron chi connectivity index (χ3n) is 0. The molecular formula is C6H21O12Sc. The number of carbonyl (C=O) groups excluding carboxylic acids is 3. The zero-order valence-electron chi connectivity index (χ0n) is 10.5. The van der Waals surface area contributed by atoms with Crippen LogP contribution in [0.2, 0.25) is 0 Å². The van der Waals surface area contributed by atoms with E-state index in [0.717, 1.165) is 20.8 Å². The fourth-order valence-electron chi connectivity index (χ4n) is 0. The SMILES string of the molecule is CC(=O)[O-].CC(=O)[O-].CC(=O)[O-].O.O.O.O.O.O.[Sc+3]. The van der Waals surface area contributed by atoms with E-state index in [1.165, 1.54) is 0 Å². The molecule has 19 heavy (non-hydrogen) atoms. The number of hydrogen-bond donors (Lipinski definition) is 0. The van der Waals surface area contributed by atoms with Crippen molar-refractivity contribution in [3.05, 3.63) is 0 Å². The van der Waals surface area contributed by atoms with Gasteiger partial charge in [0.15, 0.2) is 0 Å². The number of carboxylic acids is 3. The quantitative estimate of drug-likeness (QED) is 0.414. The van der Waals surface area contributed by atoms with Crippen LogP contribution in [0.1, 0.15) is 20.8 Å². The predicted octanol–water partition coefficient (Wildman–Crippen LogP) is -8.68. The molecule has 0 amide bonds. The molecule has 0 fully saturated rings. The summed E-state index contributed by atoms with van der Waals surface area (Å²) in [5.74, 6) is -3.25.